The first-order valence-electron chi connectivity index (χ1n) is 12.4. The van der Waals surface area contributed by atoms with Gasteiger partial charge >= 0.3 is 43.4 Å². The van der Waals surface area contributed by atoms with Crippen molar-refractivity contribution in [1.29, 1.82) is 0 Å². The van der Waals surface area contributed by atoms with Gasteiger partial charge in [-0.25, -0.2) is 22.5 Å². The number of rotatable bonds is 6. The smallest absolute Gasteiger partial charge is 1.00 e. The van der Waals surface area contributed by atoms with E-state index >= 15 is 0 Å². The van der Waals surface area contributed by atoms with Gasteiger partial charge in [-0.3, -0.25) is 12.2 Å². The van der Waals surface area contributed by atoms with E-state index in [4.69, 9.17) is 9.47 Å². The van der Waals surface area contributed by atoms with E-state index in [0.29, 0.717) is 0 Å². The van der Waals surface area contributed by atoms with Crippen molar-refractivity contribution >= 4 is 16.1 Å². The fourth-order valence-corrected chi connectivity index (χ4v) is 13.5. The van der Waals surface area contributed by atoms with Gasteiger partial charge in [0.2, 0.25) is 0 Å². The van der Waals surface area contributed by atoms with E-state index in [2.05, 4.69) is 113 Å². The molecule has 0 amide bonds. The summed E-state index contributed by atoms with van der Waals surface area (Å²) in [6.45, 7) is 14.0. The summed E-state index contributed by atoms with van der Waals surface area (Å²) in [6.07, 6.45) is 32.9. The van der Waals surface area contributed by atoms with Crippen LogP contribution in [0.1, 0.15) is 39.5 Å². The number of allylic oxidation sites excluding steroid dienone is 12. The molecule has 0 radical (unpaired) electrons. The predicted octanol–water partition coefficient (Wildman–Crippen LogP) is 1.51. The van der Waals surface area contributed by atoms with Crippen molar-refractivity contribution in [3.05, 3.63) is 94.5 Å². The molecule has 8 heteroatoms. The monoisotopic (exact) mass is 656 g/mol. The van der Waals surface area contributed by atoms with Gasteiger partial charge in [0.25, 0.3) is 0 Å². The normalized spacial score (nSPS) is 25.3. The third-order valence-electron chi connectivity index (χ3n) is 8.50. The van der Waals surface area contributed by atoms with E-state index in [-0.39, 0.29) is 78.7 Å². The SMILES string of the molecule is COC1([Si](C)(C)C2=[C-]CC=C2)CC=CC=C1C.COC1([Si](C)(C)C2=[C-]CC=C2)CC=CC=C1C.[Cl-].[Cl-].[Ti+2].[Ti+2]. The molecule has 0 N–H and O–H groups in total. The van der Waals surface area contributed by atoms with Gasteiger partial charge in [-0.2, -0.15) is 12.2 Å². The molecule has 2 nitrogen and oxygen atoms in total. The molecule has 0 aromatic carbocycles. The van der Waals surface area contributed by atoms with Crippen LogP contribution in [0.15, 0.2) is 82.3 Å². The molecule has 2 unspecified atom stereocenters. The Morgan fingerprint density at radius 1 is 0.658 bits per heavy atom. The first-order chi connectivity index (χ1) is 16.1. The van der Waals surface area contributed by atoms with Crippen molar-refractivity contribution < 1.29 is 77.7 Å². The average Bonchev–Trinajstić information content (AvgIpc) is 3.55. The molecule has 0 saturated carbocycles. The second-order valence-corrected chi connectivity index (χ2v) is 19.9. The van der Waals surface area contributed by atoms with Crippen molar-refractivity contribution in [3.63, 3.8) is 0 Å². The van der Waals surface area contributed by atoms with E-state index in [1.165, 1.54) is 21.5 Å². The Kier molecular flexibility index (Phi) is 17.7. The largest absolute Gasteiger partial charge is 2.00 e. The summed E-state index contributed by atoms with van der Waals surface area (Å²) in [7, 11) is 0.292. The molecule has 0 aromatic rings. The van der Waals surface area contributed by atoms with Crippen LogP contribution in [0.5, 0.6) is 0 Å². The molecule has 204 valence electrons. The first kappa shape index (κ1) is 40.4. The molecule has 0 bridgehead atoms. The number of ether oxygens (including phenoxy) is 2. The molecule has 4 rings (SSSR count). The zero-order chi connectivity index (χ0) is 25.0. The third-order valence-corrected chi connectivity index (χ3v) is 17.5. The number of methoxy groups -OCH3 is 2. The molecular formula is C30H42Cl2O2Si2Ti2. The van der Waals surface area contributed by atoms with Crippen molar-refractivity contribution in [1.82, 2.24) is 0 Å². The zero-order valence-electron chi connectivity index (χ0n) is 24.2. The molecule has 0 aliphatic heterocycles. The second kappa shape index (κ2) is 16.7. The Hall–Kier alpha value is 0.282. The van der Waals surface area contributed by atoms with Gasteiger partial charge < -0.3 is 34.3 Å². The van der Waals surface area contributed by atoms with Gasteiger partial charge in [0.15, 0.2) is 0 Å². The number of hydrogen-bond acceptors (Lipinski definition) is 2. The molecule has 0 aromatic heterocycles. The topological polar surface area (TPSA) is 18.5 Å². The van der Waals surface area contributed by atoms with Crippen LogP contribution < -0.4 is 24.8 Å². The summed E-state index contributed by atoms with van der Waals surface area (Å²) < 4.78 is 12.0. The van der Waals surface area contributed by atoms with Crippen molar-refractivity contribution in [2.45, 2.75) is 76.2 Å². The van der Waals surface area contributed by atoms with E-state index in [0.717, 1.165) is 25.7 Å². The van der Waals surface area contributed by atoms with Gasteiger partial charge in [0, 0.05) is 14.2 Å². The third kappa shape index (κ3) is 7.37. The van der Waals surface area contributed by atoms with E-state index in [1.807, 2.05) is 14.2 Å². The number of hydrogen-bond donors (Lipinski definition) is 0. The Morgan fingerprint density at radius 3 is 1.24 bits per heavy atom. The fraction of sp³-hybridized carbons (Fsp3) is 0.467. The minimum absolute atomic E-state index is 0. The zero-order valence-corrected chi connectivity index (χ0v) is 30.8. The van der Waals surface area contributed by atoms with Crippen LogP contribution in [0, 0.1) is 12.2 Å². The summed E-state index contributed by atoms with van der Waals surface area (Å²) in [5.74, 6) is 0. The quantitative estimate of drug-likeness (QED) is 0.319. The number of halogens is 2. The standard InChI is InChI=1S/2C15H21OSi.2ClH.2Ti/c2*1-13-9-7-8-12-15(13,16-2)17(3,4)14-10-5-6-11-14;;;;/h2*5,7-10H,6,12H2,1-4H3;2*1H;;/q2*-1;;;2*+2/p-2. The second-order valence-electron chi connectivity index (χ2n) is 10.7. The Bertz CT molecular complexity index is 957. The van der Waals surface area contributed by atoms with E-state index in [1.54, 1.807) is 0 Å². The molecule has 0 heterocycles. The molecule has 0 spiro atoms. The first-order valence-corrected chi connectivity index (χ1v) is 18.4. The Labute approximate surface area is 276 Å². The Balaban J connectivity index is 0. The molecule has 2 atom stereocenters. The van der Waals surface area contributed by atoms with E-state index < -0.39 is 16.1 Å². The predicted molar refractivity (Wildman–Crippen MR) is 150 cm³/mol. The van der Waals surface area contributed by atoms with Crippen LogP contribution in [-0.2, 0) is 52.9 Å². The van der Waals surface area contributed by atoms with Crippen LogP contribution in [0.2, 0.25) is 26.2 Å². The van der Waals surface area contributed by atoms with Gasteiger partial charge in [0.05, 0.1) is 26.6 Å². The summed E-state index contributed by atoms with van der Waals surface area (Å²) in [5, 5.41) is 2.61. The molecule has 4 aliphatic carbocycles. The van der Waals surface area contributed by atoms with E-state index in [9.17, 15) is 0 Å². The molecule has 38 heavy (non-hydrogen) atoms. The molecular weight excluding hydrogens is 615 g/mol. The van der Waals surface area contributed by atoms with Crippen LogP contribution in [0.3, 0.4) is 0 Å². The van der Waals surface area contributed by atoms with Crippen LogP contribution in [0.25, 0.3) is 0 Å². The van der Waals surface area contributed by atoms with Crippen LogP contribution >= 0.6 is 0 Å². The van der Waals surface area contributed by atoms with Crippen LogP contribution in [-0.4, -0.2) is 40.8 Å². The van der Waals surface area contributed by atoms with Crippen LogP contribution in [0.4, 0.5) is 0 Å². The minimum Gasteiger partial charge on any atom is -1.00 e. The van der Waals surface area contributed by atoms with Gasteiger partial charge in [-0.05, 0) is 37.8 Å². The minimum atomic E-state index is -1.71. The van der Waals surface area contributed by atoms with Gasteiger partial charge in [-0.15, -0.1) is 12.8 Å². The average molecular weight is 657 g/mol. The van der Waals surface area contributed by atoms with Crippen molar-refractivity contribution in [2.24, 2.45) is 0 Å². The summed E-state index contributed by atoms with van der Waals surface area (Å²) in [4.78, 5) is 0. The maximum absolute atomic E-state index is 6.02. The summed E-state index contributed by atoms with van der Waals surface area (Å²) >= 11 is 0. The van der Waals surface area contributed by atoms with Crippen molar-refractivity contribution in [3.8, 4) is 0 Å². The summed E-state index contributed by atoms with van der Waals surface area (Å²) in [6, 6.07) is 0. The van der Waals surface area contributed by atoms with Crippen molar-refractivity contribution in [2.75, 3.05) is 14.2 Å². The summed E-state index contributed by atoms with van der Waals surface area (Å²) in [5.41, 5.74) is 2.71. The Morgan fingerprint density at radius 2 is 1.00 bits per heavy atom. The molecule has 4 aliphatic rings. The fourth-order valence-electron chi connectivity index (χ4n) is 6.08. The molecule has 0 saturated heterocycles. The maximum atomic E-state index is 6.02. The maximum Gasteiger partial charge on any atom is 2.00 e. The van der Waals surface area contributed by atoms with Gasteiger partial charge in [-0.1, -0.05) is 62.6 Å². The van der Waals surface area contributed by atoms with Gasteiger partial charge in [0.1, 0.15) is 0 Å². The molecule has 0 fully saturated rings.